The smallest absolute Gasteiger partial charge is 0.305 e. The van der Waals surface area contributed by atoms with E-state index in [4.69, 9.17) is 27.9 Å². The minimum atomic E-state index is -0.432. The van der Waals surface area contributed by atoms with Gasteiger partial charge in [0.15, 0.2) is 6.61 Å². The molecular formula is C33H25Cl2N3O5S2. The molecule has 8 nitrogen and oxygen atoms in total. The lowest BCUT2D eigenvalue weighted by atomic mass is 9.68. The number of hydrogen-bond donors (Lipinski definition) is 2. The minimum absolute atomic E-state index is 0.00603. The number of aromatic nitrogens is 1. The molecule has 1 saturated heterocycles. The number of thioether (sulfide) groups is 1. The number of halogens is 2. The molecule has 12 heteroatoms. The summed E-state index contributed by atoms with van der Waals surface area (Å²) in [7, 11) is 0. The van der Waals surface area contributed by atoms with Crippen molar-refractivity contribution < 1.29 is 19.1 Å². The van der Waals surface area contributed by atoms with E-state index in [1.165, 1.54) is 4.90 Å². The molecule has 3 amide bonds. The second-order valence-electron chi connectivity index (χ2n) is 11.8. The monoisotopic (exact) mass is 677 g/mol. The van der Waals surface area contributed by atoms with Gasteiger partial charge in [-0.3, -0.25) is 24.1 Å². The molecule has 8 rings (SSSR count). The summed E-state index contributed by atoms with van der Waals surface area (Å²) in [6.07, 6.45) is 0.758. The van der Waals surface area contributed by atoms with Crippen LogP contribution in [0.15, 0.2) is 82.6 Å². The van der Waals surface area contributed by atoms with Gasteiger partial charge in [0.25, 0.3) is 5.91 Å². The molecule has 2 aliphatic heterocycles. The lowest BCUT2D eigenvalue weighted by Crippen LogP contribution is -2.42. The van der Waals surface area contributed by atoms with Crippen LogP contribution >= 0.6 is 46.3 Å². The van der Waals surface area contributed by atoms with Crippen LogP contribution in [0.4, 0.5) is 11.4 Å². The van der Waals surface area contributed by atoms with E-state index in [-0.39, 0.29) is 58.1 Å². The Morgan fingerprint density at radius 2 is 1.64 bits per heavy atom. The Kier molecular flexibility index (Phi) is 7.09. The zero-order valence-corrected chi connectivity index (χ0v) is 26.6. The third-order valence-electron chi connectivity index (χ3n) is 9.53. The maximum atomic E-state index is 14.0. The van der Waals surface area contributed by atoms with Crippen LogP contribution in [0.1, 0.15) is 22.8 Å². The summed E-state index contributed by atoms with van der Waals surface area (Å²) < 4.78 is 6.14. The summed E-state index contributed by atoms with van der Waals surface area (Å²) >= 11 is 15.3. The van der Waals surface area contributed by atoms with Crippen molar-refractivity contribution >= 4 is 75.4 Å². The Morgan fingerprint density at radius 1 is 0.933 bits per heavy atom. The molecule has 2 N–H and O–H groups in total. The molecule has 1 aromatic heterocycles. The number of nitrogens with zero attached hydrogens (tertiary/aromatic N) is 1. The molecule has 228 valence electrons. The number of benzene rings is 3. The van der Waals surface area contributed by atoms with Gasteiger partial charge in [0.05, 0.1) is 22.5 Å². The zero-order chi connectivity index (χ0) is 31.0. The molecule has 4 aromatic rings. The van der Waals surface area contributed by atoms with Gasteiger partial charge < -0.3 is 15.0 Å². The first-order chi connectivity index (χ1) is 21.8. The molecule has 2 bridgehead atoms. The molecule has 4 aliphatic rings. The van der Waals surface area contributed by atoms with Gasteiger partial charge in [-0.05, 0) is 78.8 Å². The number of ether oxygens (including phenoxy) is 1. The highest BCUT2D eigenvalue weighted by atomic mass is 35.5. The Bertz CT molecular complexity index is 1910. The van der Waals surface area contributed by atoms with Crippen LogP contribution < -0.4 is 19.8 Å². The fraction of sp³-hybridized carbons (Fsp3) is 0.273. The summed E-state index contributed by atoms with van der Waals surface area (Å²) in [6, 6.07) is 21.2. The Hall–Kier alpha value is -3.57. The molecule has 3 fully saturated rings. The second kappa shape index (κ2) is 11.0. The van der Waals surface area contributed by atoms with Crippen LogP contribution in [0, 0.1) is 29.6 Å². The molecule has 0 radical (unpaired) electrons. The number of anilines is 2. The zero-order valence-electron chi connectivity index (χ0n) is 23.4. The Balaban J connectivity index is 1.14. The highest BCUT2D eigenvalue weighted by Gasteiger charge is 2.69. The predicted molar refractivity (Wildman–Crippen MR) is 174 cm³/mol. The van der Waals surface area contributed by atoms with Crippen molar-refractivity contribution in [1.82, 2.24) is 4.98 Å². The SMILES string of the molecule is O=C(COc1ccc(Cl)cc1[C@H]1c2sc(=O)[nH]c2SC2C3CC(C4C(=O)N(c5ccccc5)C(=O)C34)C21)Nc1ccc(Cl)cc1. The second-order valence-corrected chi connectivity index (χ2v) is 14.9. The van der Waals surface area contributed by atoms with Gasteiger partial charge in [-0.2, -0.15) is 0 Å². The van der Waals surface area contributed by atoms with Crippen LogP contribution in [0.25, 0.3) is 0 Å². The summed E-state index contributed by atoms with van der Waals surface area (Å²) in [5.41, 5.74) is 1.95. The summed E-state index contributed by atoms with van der Waals surface area (Å²) in [4.78, 5) is 58.4. The van der Waals surface area contributed by atoms with Crippen LogP contribution in [0.3, 0.4) is 0 Å². The van der Waals surface area contributed by atoms with E-state index in [0.29, 0.717) is 27.2 Å². The van der Waals surface area contributed by atoms with Gasteiger partial charge in [-0.1, -0.05) is 52.7 Å². The molecule has 3 heterocycles. The summed E-state index contributed by atoms with van der Waals surface area (Å²) in [5, 5.41) is 4.65. The van der Waals surface area contributed by atoms with Crippen molar-refractivity contribution in [3.05, 3.63) is 103 Å². The predicted octanol–water partition coefficient (Wildman–Crippen LogP) is 6.44. The first-order valence-corrected chi connectivity index (χ1v) is 17.0. The quantitative estimate of drug-likeness (QED) is 0.228. The van der Waals surface area contributed by atoms with E-state index < -0.39 is 11.8 Å². The molecule has 2 saturated carbocycles. The van der Waals surface area contributed by atoms with Crippen LogP contribution in [-0.4, -0.2) is 34.6 Å². The average molecular weight is 679 g/mol. The Morgan fingerprint density at radius 3 is 2.40 bits per heavy atom. The minimum Gasteiger partial charge on any atom is -0.483 e. The van der Waals surface area contributed by atoms with Gasteiger partial charge in [0.1, 0.15) is 5.75 Å². The molecule has 0 spiro atoms. The number of carbonyl (C=O) groups is 3. The van der Waals surface area contributed by atoms with E-state index in [1.54, 1.807) is 60.3 Å². The van der Waals surface area contributed by atoms with Gasteiger partial charge >= 0.3 is 4.87 Å². The molecule has 45 heavy (non-hydrogen) atoms. The first kappa shape index (κ1) is 28.9. The summed E-state index contributed by atoms with van der Waals surface area (Å²) in [5.74, 6) is -1.43. The number of fused-ring (bicyclic) bond motifs is 9. The number of thiazole rings is 1. The normalized spacial score (nSPS) is 27.7. The highest BCUT2D eigenvalue weighted by Crippen LogP contribution is 2.69. The number of H-pyrrole nitrogens is 1. The lowest BCUT2D eigenvalue weighted by Gasteiger charge is -2.43. The number of hydrogen-bond acceptors (Lipinski definition) is 7. The van der Waals surface area contributed by atoms with Crippen LogP contribution in [0.2, 0.25) is 10.0 Å². The van der Waals surface area contributed by atoms with Crippen molar-refractivity contribution in [2.45, 2.75) is 22.6 Å². The number of nitrogens with one attached hydrogen (secondary N) is 2. The van der Waals surface area contributed by atoms with Gasteiger partial charge in [-0.25, -0.2) is 0 Å². The van der Waals surface area contributed by atoms with E-state index in [0.717, 1.165) is 33.2 Å². The van der Waals surface area contributed by atoms with Crippen molar-refractivity contribution in [3.63, 3.8) is 0 Å². The number of imide groups is 1. The van der Waals surface area contributed by atoms with Crippen LogP contribution in [-0.2, 0) is 14.4 Å². The van der Waals surface area contributed by atoms with Gasteiger partial charge in [0.2, 0.25) is 11.8 Å². The van der Waals surface area contributed by atoms with Crippen molar-refractivity contribution in [2.75, 3.05) is 16.8 Å². The third kappa shape index (κ3) is 4.72. The lowest BCUT2D eigenvalue weighted by molar-refractivity contribution is -0.123. The highest BCUT2D eigenvalue weighted by molar-refractivity contribution is 8.00. The molecule has 7 atom stereocenters. The largest absolute Gasteiger partial charge is 0.483 e. The van der Waals surface area contributed by atoms with Crippen molar-refractivity contribution in [3.8, 4) is 5.75 Å². The maximum Gasteiger partial charge on any atom is 0.305 e. The number of amides is 3. The van der Waals surface area contributed by atoms with Gasteiger partial charge in [0, 0.05) is 37.3 Å². The fourth-order valence-electron chi connectivity index (χ4n) is 7.96. The molecule has 3 aromatic carbocycles. The van der Waals surface area contributed by atoms with E-state index in [1.807, 2.05) is 24.3 Å². The maximum absolute atomic E-state index is 14.0. The number of carbonyl (C=O) groups excluding carboxylic acids is 3. The number of rotatable bonds is 6. The average Bonchev–Trinajstić information content (AvgIpc) is 3.77. The van der Waals surface area contributed by atoms with Crippen LogP contribution in [0.5, 0.6) is 5.75 Å². The summed E-state index contributed by atoms with van der Waals surface area (Å²) in [6.45, 7) is -0.251. The van der Waals surface area contributed by atoms with E-state index >= 15 is 0 Å². The van der Waals surface area contributed by atoms with E-state index in [2.05, 4.69) is 10.3 Å². The molecule has 2 aliphatic carbocycles. The first-order valence-electron chi connectivity index (χ1n) is 14.6. The standard InChI is InChI=1S/C33H25Cl2N3O5S2/c34-15-6-9-17(10-7-15)36-23(39)14-43-22-11-8-16(35)12-19(22)24-25-20-13-21(28(25)44-30-29(24)45-33(42)37-30)27-26(20)31(40)38(32(27)41)18-4-2-1-3-5-18/h1-12,20-21,24-28H,13-14H2,(H,36,39)(H,37,42)/t20?,21?,24-,25?,26?,27?,28?/m1/s1. The number of aromatic amines is 1. The van der Waals surface area contributed by atoms with Crippen molar-refractivity contribution in [1.29, 1.82) is 0 Å². The molecular weight excluding hydrogens is 653 g/mol. The third-order valence-corrected chi connectivity index (χ3v) is 12.6. The fourth-order valence-corrected chi connectivity index (χ4v) is 11.2. The Labute approximate surface area is 276 Å². The molecule has 6 unspecified atom stereocenters. The number of para-hydroxylation sites is 1. The van der Waals surface area contributed by atoms with Crippen molar-refractivity contribution in [2.24, 2.45) is 29.6 Å². The van der Waals surface area contributed by atoms with E-state index in [9.17, 15) is 19.2 Å². The topological polar surface area (TPSA) is 109 Å². The van der Waals surface area contributed by atoms with Gasteiger partial charge in [-0.15, -0.1) is 11.8 Å².